The van der Waals surface area contributed by atoms with E-state index in [4.69, 9.17) is 9.47 Å². The summed E-state index contributed by atoms with van der Waals surface area (Å²) >= 11 is 0. The lowest BCUT2D eigenvalue weighted by atomic mass is 9.98. The lowest BCUT2D eigenvalue weighted by molar-refractivity contribution is -0.161. The van der Waals surface area contributed by atoms with Gasteiger partial charge < -0.3 is 14.4 Å². The van der Waals surface area contributed by atoms with Gasteiger partial charge in [0.1, 0.15) is 12.0 Å². The highest BCUT2D eigenvalue weighted by molar-refractivity contribution is 4.98. The van der Waals surface area contributed by atoms with Crippen LogP contribution in [0, 0.1) is 0 Å². The van der Waals surface area contributed by atoms with Crippen molar-refractivity contribution in [2.75, 3.05) is 20.6 Å². The van der Waals surface area contributed by atoms with Crippen LogP contribution >= 0.6 is 0 Å². The second-order valence-corrected chi connectivity index (χ2v) is 13.9. The van der Waals surface area contributed by atoms with E-state index in [1.165, 1.54) is 141 Å². The normalized spacial score (nSPS) is 14.8. The summed E-state index contributed by atoms with van der Waals surface area (Å²) in [5, 5.41) is 0. The van der Waals surface area contributed by atoms with E-state index in [2.05, 4.69) is 81.5 Å². The van der Waals surface area contributed by atoms with Crippen molar-refractivity contribution in [3.8, 4) is 0 Å². The molecule has 0 atom stereocenters. The highest BCUT2D eigenvalue weighted by atomic mass is 16.7. The van der Waals surface area contributed by atoms with E-state index in [0.29, 0.717) is 0 Å². The molecule has 0 N–H and O–H groups in total. The summed E-state index contributed by atoms with van der Waals surface area (Å²) in [4.78, 5) is 2.22. The lowest BCUT2D eigenvalue weighted by Crippen LogP contribution is -2.31. The number of rotatable bonds is 33. The molecule has 266 valence electrons. The first kappa shape index (κ1) is 42.3. The number of allylic oxidation sites excluding steroid dienone is 8. The molecular weight excluding hydrogens is 562 g/mol. The van der Waals surface area contributed by atoms with Crippen molar-refractivity contribution in [2.24, 2.45) is 0 Å². The van der Waals surface area contributed by atoms with Gasteiger partial charge >= 0.3 is 0 Å². The van der Waals surface area contributed by atoms with Crippen molar-refractivity contribution in [2.45, 2.75) is 193 Å². The lowest BCUT2D eigenvalue weighted by Gasteiger charge is -2.29. The first-order valence-corrected chi connectivity index (χ1v) is 19.9. The average Bonchev–Trinajstić information content (AvgIpc) is 3.46. The minimum Gasteiger partial charge on any atom is -0.456 e. The molecule has 0 saturated carbocycles. The van der Waals surface area contributed by atoms with Gasteiger partial charge in [-0.15, -0.1) is 0 Å². The van der Waals surface area contributed by atoms with Crippen molar-refractivity contribution in [3.63, 3.8) is 0 Å². The molecule has 0 saturated heterocycles. The maximum absolute atomic E-state index is 6.54. The number of hydrogen-bond donors (Lipinski definition) is 0. The van der Waals surface area contributed by atoms with E-state index in [0.717, 1.165) is 44.4 Å². The van der Waals surface area contributed by atoms with E-state index in [9.17, 15) is 0 Å². The third-order valence-electron chi connectivity index (χ3n) is 9.04. The van der Waals surface area contributed by atoms with Gasteiger partial charge in [-0.3, -0.25) is 0 Å². The summed E-state index contributed by atoms with van der Waals surface area (Å²) in [5.41, 5.74) is 0. The molecule has 0 fully saturated rings. The summed E-state index contributed by atoms with van der Waals surface area (Å²) < 4.78 is 12.8. The molecular formula is C43H77NO2. The average molecular weight is 640 g/mol. The zero-order valence-electron chi connectivity index (χ0n) is 31.3. The maximum atomic E-state index is 6.54. The van der Waals surface area contributed by atoms with Crippen LogP contribution in [0.25, 0.3) is 0 Å². The van der Waals surface area contributed by atoms with Gasteiger partial charge in [-0.05, 0) is 91.1 Å². The topological polar surface area (TPSA) is 21.7 Å². The standard InChI is InChI=1S/C43H77NO2/c1-5-7-9-11-13-15-17-19-21-23-25-27-29-31-33-35-38-43(45-41-42(46-43)37-40-44(3)4)39-36-34-32-30-28-26-24-22-20-18-16-14-12-10-8-6-2/h13-16,19-22,41H,5-12,17-18,23-40H2,1-4H3/b15-13-,16-14-,21-19-,22-20-. The molecule has 0 aliphatic carbocycles. The second-order valence-electron chi connectivity index (χ2n) is 13.9. The minimum atomic E-state index is -0.411. The molecule has 0 bridgehead atoms. The van der Waals surface area contributed by atoms with E-state index >= 15 is 0 Å². The van der Waals surface area contributed by atoms with Crippen LogP contribution in [0.4, 0.5) is 0 Å². The van der Waals surface area contributed by atoms with Crippen LogP contribution in [0.3, 0.4) is 0 Å². The first-order valence-electron chi connectivity index (χ1n) is 19.9. The third-order valence-corrected chi connectivity index (χ3v) is 9.04. The molecule has 1 rings (SSSR count). The van der Waals surface area contributed by atoms with Gasteiger partial charge in [0.05, 0.1) is 0 Å². The zero-order valence-corrected chi connectivity index (χ0v) is 31.3. The van der Waals surface area contributed by atoms with Crippen molar-refractivity contribution < 1.29 is 9.47 Å². The Kier molecular flexibility index (Phi) is 29.3. The van der Waals surface area contributed by atoms with Gasteiger partial charge in [0.25, 0.3) is 0 Å². The van der Waals surface area contributed by atoms with E-state index in [1.807, 2.05) is 6.26 Å². The first-order chi connectivity index (χ1) is 22.6. The van der Waals surface area contributed by atoms with Gasteiger partial charge in [0, 0.05) is 25.8 Å². The monoisotopic (exact) mass is 640 g/mol. The Morgan fingerprint density at radius 2 is 0.913 bits per heavy atom. The SMILES string of the molecule is CCCCC/C=C\C/C=C\CCCCCCCCC1(CCCCCCCC/C=C\C/C=C\CCCCC)OC=C(CCN(C)C)O1. The van der Waals surface area contributed by atoms with E-state index in [-0.39, 0.29) is 0 Å². The fourth-order valence-corrected chi connectivity index (χ4v) is 6.01. The fourth-order valence-electron chi connectivity index (χ4n) is 6.01. The Balaban J connectivity index is 2.16. The van der Waals surface area contributed by atoms with Crippen LogP contribution in [-0.4, -0.2) is 31.3 Å². The molecule has 1 heterocycles. The fraction of sp³-hybridized carbons (Fsp3) is 0.767. The summed E-state index contributed by atoms with van der Waals surface area (Å²) in [6, 6.07) is 0. The Morgan fingerprint density at radius 3 is 1.33 bits per heavy atom. The quantitative estimate of drug-likeness (QED) is 0.0527. The summed E-state index contributed by atoms with van der Waals surface area (Å²) in [6.45, 7) is 5.54. The highest BCUT2D eigenvalue weighted by Gasteiger charge is 2.37. The Morgan fingerprint density at radius 1 is 0.522 bits per heavy atom. The Hall–Kier alpha value is -1.74. The summed E-state index contributed by atoms with van der Waals surface area (Å²) in [5.74, 6) is 0.625. The zero-order chi connectivity index (χ0) is 33.2. The van der Waals surface area contributed by atoms with Gasteiger partial charge in [-0.1, -0.05) is 140 Å². The van der Waals surface area contributed by atoms with Crippen LogP contribution < -0.4 is 0 Å². The molecule has 0 aromatic heterocycles. The number of nitrogens with zero attached hydrogens (tertiary/aromatic N) is 1. The van der Waals surface area contributed by atoms with Crippen LogP contribution in [0.15, 0.2) is 60.6 Å². The molecule has 1 aliphatic heterocycles. The Bertz CT molecular complexity index is 758. The third kappa shape index (κ3) is 26.3. The molecule has 0 aromatic carbocycles. The molecule has 3 heteroatoms. The smallest absolute Gasteiger partial charge is 0.250 e. The van der Waals surface area contributed by atoms with E-state index < -0.39 is 5.79 Å². The highest BCUT2D eigenvalue weighted by Crippen LogP contribution is 2.36. The molecule has 1 aliphatic rings. The van der Waals surface area contributed by atoms with Crippen LogP contribution in [-0.2, 0) is 9.47 Å². The molecule has 0 spiro atoms. The van der Waals surface area contributed by atoms with Gasteiger partial charge in [-0.2, -0.15) is 0 Å². The predicted octanol–water partition coefficient (Wildman–Crippen LogP) is 13.9. The number of ether oxygens (including phenoxy) is 2. The van der Waals surface area contributed by atoms with Crippen molar-refractivity contribution in [1.82, 2.24) is 4.90 Å². The number of hydrogen-bond acceptors (Lipinski definition) is 3. The second kappa shape index (κ2) is 31.8. The molecule has 46 heavy (non-hydrogen) atoms. The Labute approximate surface area is 288 Å². The summed E-state index contributed by atoms with van der Waals surface area (Å²) in [6.07, 6.45) is 54.5. The van der Waals surface area contributed by atoms with Crippen molar-refractivity contribution >= 4 is 0 Å². The molecule has 0 aromatic rings. The van der Waals surface area contributed by atoms with E-state index in [1.54, 1.807) is 0 Å². The minimum absolute atomic E-state index is 0.411. The van der Waals surface area contributed by atoms with Gasteiger partial charge in [0.2, 0.25) is 5.79 Å². The largest absolute Gasteiger partial charge is 0.456 e. The van der Waals surface area contributed by atoms with Gasteiger partial charge in [0.15, 0.2) is 0 Å². The van der Waals surface area contributed by atoms with Gasteiger partial charge in [-0.25, -0.2) is 0 Å². The van der Waals surface area contributed by atoms with Crippen molar-refractivity contribution in [1.29, 1.82) is 0 Å². The van der Waals surface area contributed by atoms with Crippen LogP contribution in [0.2, 0.25) is 0 Å². The molecule has 0 unspecified atom stereocenters. The molecule has 3 nitrogen and oxygen atoms in total. The number of unbranched alkanes of at least 4 members (excludes halogenated alkanes) is 18. The van der Waals surface area contributed by atoms with Crippen molar-refractivity contribution in [3.05, 3.63) is 60.6 Å². The van der Waals surface area contributed by atoms with Crippen LogP contribution in [0.5, 0.6) is 0 Å². The predicted molar refractivity (Wildman–Crippen MR) is 204 cm³/mol. The molecule has 0 radical (unpaired) electrons. The summed E-state index contributed by atoms with van der Waals surface area (Å²) in [7, 11) is 4.25. The van der Waals surface area contributed by atoms with Crippen LogP contribution in [0.1, 0.15) is 187 Å². The maximum Gasteiger partial charge on any atom is 0.250 e. The molecule has 0 amide bonds.